The normalized spacial score (nSPS) is 27.5. The van der Waals surface area contributed by atoms with E-state index in [9.17, 15) is 4.79 Å². The van der Waals surface area contributed by atoms with E-state index in [1.807, 2.05) is 6.07 Å². The summed E-state index contributed by atoms with van der Waals surface area (Å²) in [5, 5.41) is 3.41. The number of piperidine rings is 1. The fraction of sp³-hybridized carbons (Fsp3) is 0.545. The van der Waals surface area contributed by atoms with Crippen LogP contribution >= 0.6 is 11.3 Å². The second kappa shape index (κ2) is 4.24. The number of thiophene rings is 1. The molecule has 0 bridgehead atoms. The standard InChI is InChI=1S/C11H15NOS/c1-8-4-5-12-6-10(8)11-3-2-9(7-13)14-11/h2-3,7-8,10,12H,4-6H2,1H3. The van der Waals surface area contributed by atoms with Crippen LogP contribution in [0, 0.1) is 5.92 Å². The summed E-state index contributed by atoms with van der Waals surface area (Å²) in [6.45, 7) is 4.48. The van der Waals surface area contributed by atoms with Crippen molar-refractivity contribution in [3.63, 3.8) is 0 Å². The van der Waals surface area contributed by atoms with Gasteiger partial charge in [0.2, 0.25) is 0 Å². The molecule has 14 heavy (non-hydrogen) atoms. The molecule has 1 aliphatic heterocycles. The third-order valence-corrected chi connectivity index (χ3v) is 4.10. The highest BCUT2D eigenvalue weighted by molar-refractivity contribution is 7.13. The van der Waals surface area contributed by atoms with Gasteiger partial charge in [0.05, 0.1) is 4.88 Å². The zero-order chi connectivity index (χ0) is 9.97. The predicted molar refractivity (Wildman–Crippen MR) is 59.1 cm³/mol. The van der Waals surface area contributed by atoms with E-state index >= 15 is 0 Å². The van der Waals surface area contributed by atoms with E-state index in [-0.39, 0.29) is 0 Å². The molecule has 1 N–H and O–H groups in total. The maximum Gasteiger partial charge on any atom is 0.160 e. The molecule has 2 atom stereocenters. The summed E-state index contributed by atoms with van der Waals surface area (Å²) in [7, 11) is 0. The maximum atomic E-state index is 10.6. The molecule has 0 radical (unpaired) electrons. The minimum absolute atomic E-state index is 0.599. The molecule has 76 valence electrons. The van der Waals surface area contributed by atoms with Crippen LogP contribution in [0.3, 0.4) is 0 Å². The summed E-state index contributed by atoms with van der Waals surface area (Å²) < 4.78 is 0. The van der Waals surface area contributed by atoms with E-state index < -0.39 is 0 Å². The smallest absolute Gasteiger partial charge is 0.160 e. The van der Waals surface area contributed by atoms with Gasteiger partial charge in [-0.25, -0.2) is 0 Å². The van der Waals surface area contributed by atoms with Crippen molar-refractivity contribution in [2.75, 3.05) is 13.1 Å². The highest BCUT2D eigenvalue weighted by atomic mass is 32.1. The lowest BCUT2D eigenvalue weighted by Crippen LogP contribution is -2.33. The molecule has 0 aromatic carbocycles. The predicted octanol–water partition coefficient (Wildman–Crippen LogP) is 2.27. The van der Waals surface area contributed by atoms with Crippen molar-refractivity contribution >= 4 is 17.6 Å². The van der Waals surface area contributed by atoms with Crippen LogP contribution in [-0.4, -0.2) is 19.4 Å². The molecule has 0 saturated carbocycles. The van der Waals surface area contributed by atoms with Gasteiger partial charge in [-0.2, -0.15) is 0 Å². The number of carbonyl (C=O) groups excluding carboxylic acids is 1. The Balaban J connectivity index is 2.16. The van der Waals surface area contributed by atoms with Gasteiger partial charge in [0.25, 0.3) is 0 Å². The fourth-order valence-electron chi connectivity index (χ4n) is 2.00. The quantitative estimate of drug-likeness (QED) is 0.757. The van der Waals surface area contributed by atoms with Gasteiger partial charge < -0.3 is 5.32 Å². The molecule has 2 rings (SSSR count). The minimum atomic E-state index is 0.599. The first-order valence-corrected chi connectivity index (χ1v) is 5.88. The first-order chi connectivity index (χ1) is 6.81. The second-order valence-corrected chi connectivity index (χ2v) is 5.08. The van der Waals surface area contributed by atoms with E-state index in [2.05, 4.69) is 18.3 Å². The Morgan fingerprint density at radius 3 is 3.07 bits per heavy atom. The highest BCUT2D eigenvalue weighted by Crippen LogP contribution is 2.32. The van der Waals surface area contributed by atoms with Crippen molar-refractivity contribution < 1.29 is 4.79 Å². The van der Waals surface area contributed by atoms with Crippen molar-refractivity contribution in [1.29, 1.82) is 0 Å². The molecule has 1 aliphatic rings. The number of aldehydes is 1. The average molecular weight is 209 g/mol. The summed E-state index contributed by atoms with van der Waals surface area (Å²) in [5.41, 5.74) is 0. The molecule has 2 nitrogen and oxygen atoms in total. The number of nitrogens with one attached hydrogen (secondary N) is 1. The van der Waals surface area contributed by atoms with Gasteiger partial charge in [0.1, 0.15) is 0 Å². The van der Waals surface area contributed by atoms with Crippen LogP contribution in [0.2, 0.25) is 0 Å². The fourth-order valence-corrected chi connectivity index (χ4v) is 3.06. The van der Waals surface area contributed by atoms with Gasteiger partial charge in [0, 0.05) is 17.3 Å². The Kier molecular flexibility index (Phi) is 2.99. The van der Waals surface area contributed by atoms with E-state index in [0.717, 1.165) is 30.2 Å². The van der Waals surface area contributed by atoms with Gasteiger partial charge >= 0.3 is 0 Å². The molecule has 1 aromatic rings. The summed E-state index contributed by atoms with van der Waals surface area (Å²) >= 11 is 1.64. The van der Waals surface area contributed by atoms with Crippen molar-refractivity contribution in [2.24, 2.45) is 5.92 Å². The number of rotatable bonds is 2. The lowest BCUT2D eigenvalue weighted by atomic mass is 9.87. The lowest BCUT2D eigenvalue weighted by molar-refractivity contribution is 0.112. The van der Waals surface area contributed by atoms with Gasteiger partial charge in [0.15, 0.2) is 6.29 Å². The van der Waals surface area contributed by atoms with Crippen LogP contribution in [0.4, 0.5) is 0 Å². The topological polar surface area (TPSA) is 29.1 Å². The molecular formula is C11H15NOS. The van der Waals surface area contributed by atoms with Crippen LogP contribution in [-0.2, 0) is 0 Å². The monoisotopic (exact) mass is 209 g/mol. The second-order valence-electron chi connectivity index (χ2n) is 3.93. The molecule has 1 fully saturated rings. The Hall–Kier alpha value is -0.670. The van der Waals surface area contributed by atoms with Crippen LogP contribution in [0.15, 0.2) is 12.1 Å². The van der Waals surface area contributed by atoms with Crippen molar-refractivity contribution in [1.82, 2.24) is 5.32 Å². The maximum absolute atomic E-state index is 10.6. The Bertz CT molecular complexity index is 321. The zero-order valence-electron chi connectivity index (χ0n) is 8.32. The average Bonchev–Trinajstić information content (AvgIpc) is 2.67. The van der Waals surface area contributed by atoms with E-state index in [1.165, 1.54) is 11.3 Å². The summed E-state index contributed by atoms with van der Waals surface area (Å²) in [5.74, 6) is 1.33. The van der Waals surface area contributed by atoms with Gasteiger partial charge in [-0.1, -0.05) is 6.92 Å². The first-order valence-electron chi connectivity index (χ1n) is 5.07. The molecule has 0 spiro atoms. The Morgan fingerprint density at radius 1 is 1.57 bits per heavy atom. The molecule has 1 aromatic heterocycles. The van der Waals surface area contributed by atoms with Crippen molar-refractivity contribution in [2.45, 2.75) is 19.3 Å². The summed E-state index contributed by atoms with van der Waals surface area (Å²) in [4.78, 5) is 12.8. The van der Waals surface area contributed by atoms with Crippen LogP contribution < -0.4 is 5.32 Å². The molecule has 0 amide bonds. The Morgan fingerprint density at radius 2 is 2.43 bits per heavy atom. The summed E-state index contributed by atoms with van der Waals surface area (Å²) in [6.07, 6.45) is 2.17. The van der Waals surface area contributed by atoms with Crippen LogP contribution in [0.1, 0.15) is 33.8 Å². The third kappa shape index (κ3) is 1.88. The first kappa shape index (κ1) is 9.87. The van der Waals surface area contributed by atoms with Crippen molar-refractivity contribution in [3.05, 3.63) is 21.9 Å². The molecule has 1 saturated heterocycles. The SMILES string of the molecule is CC1CCNCC1c1ccc(C=O)s1. The molecular weight excluding hydrogens is 194 g/mol. The largest absolute Gasteiger partial charge is 0.316 e. The lowest BCUT2D eigenvalue weighted by Gasteiger charge is -2.28. The van der Waals surface area contributed by atoms with Gasteiger partial charge in [-0.3, -0.25) is 4.79 Å². The van der Waals surface area contributed by atoms with E-state index in [1.54, 1.807) is 11.3 Å². The Labute approximate surface area is 88.3 Å². The highest BCUT2D eigenvalue weighted by Gasteiger charge is 2.23. The van der Waals surface area contributed by atoms with Crippen LogP contribution in [0.5, 0.6) is 0 Å². The number of carbonyl (C=O) groups is 1. The molecule has 3 heteroatoms. The van der Waals surface area contributed by atoms with E-state index in [0.29, 0.717) is 5.92 Å². The van der Waals surface area contributed by atoms with Gasteiger partial charge in [-0.05, 0) is 31.0 Å². The zero-order valence-corrected chi connectivity index (χ0v) is 9.14. The van der Waals surface area contributed by atoms with Crippen LogP contribution in [0.25, 0.3) is 0 Å². The van der Waals surface area contributed by atoms with E-state index in [4.69, 9.17) is 0 Å². The minimum Gasteiger partial charge on any atom is -0.316 e. The van der Waals surface area contributed by atoms with Crippen molar-refractivity contribution in [3.8, 4) is 0 Å². The van der Waals surface area contributed by atoms with Gasteiger partial charge in [-0.15, -0.1) is 11.3 Å². The summed E-state index contributed by atoms with van der Waals surface area (Å²) in [6, 6.07) is 4.02. The third-order valence-electron chi connectivity index (χ3n) is 2.96. The number of hydrogen-bond acceptors (Lipinski definition) is 3. The molecule has 0 aliphatic carbocycles. The number of hydrogen-bond donors (Lipinski definition) is 1. The molecule has 2 unspecified atom stereocenters. The molecule has 2 heterocycles.